The molecule has 28 heavy (non-hydrogen) atoms. The third-order valence-electron chi connectivity index (χ3n) is 4.87. The molecule has 0 fully saturated rings. The Hall–Kier alpha value is -3.13. The highest BCUT2D eigenvalue weighted by molar-refractivity contribution is 7.15. The van der Waals surface area contributed by atoms with Crippen molar-refractivity contribution in [2.45, 2.75) is 19.9 Å². The molecule has 0 bridgehead atoms. The van der Waals surface area contributed by atoms with E-state index < -0.39 is 0 Å². The third-order valence-corrected chi connectivity index (χ3v) is 5.76. The Morgan fingerprint density at radius 1 is 1.25 bits per heavy atom. The molecule has 0 unspecified atom stereocenters. The van der Waals surface area contributed by atoms with Gasteiger partial charge in [-0.05, 0) is 30.7 Å². The number of rotatable bonds is 3. The van der Waals surface area contributed by atoms with Gasteiger partial charge in [-0.2, -0.15) is 0 Å². The van der Waals surface area contributed by atoms with Gasteiger partial charge in [-0.25, -0.2) is 4.98 Å². The quantitative estimate of drug-likeness (QED) is 0.733. The van der Waals surface area contributed by atoms with E-state index in [1.807, 2.05) is 42.2 Å². The van der Waals surface area contributed by atoms with E-state index in [1.54, 1.807) is 6.20 Å². The monoisotopic (exact) mass is 394 g/mol. The molecule has 8 heteroatoms. The van der Waals surface area contributed by atoms with Crippen molar-refractivity contribution in [3.8, 4) is 11.5 Å². The standard InChI is InChI=1S/C20H18N4O3S/c1-12-18(19(25)24-8-6-15-13(10-24)3-2-7-21-15)23-20(28-12)22-14-4-5-16-17(9-14)27-11-26-16/h2-5,7,9H,6,8,10-11H2,1H3,(H,22,23). The number of aryl methyl sites for hydroxylation is 1. The van der Waals surface area contributed by atoms with Crippen LogP contribution in [0, 0.1) is 6.92 Å². The van der Waals surface area contributed by atoms with Crippen LogP contribution in [0.15, 0.2) is 36.5 Å². The Bertz CT molecular complexity index is 1070. The molecule has 0 spiro atoms. The molecule has 4 heterocycles. The minimum atomic E-state index is -0.0398. The lowest BCUT2D eigenvalue weighted by Crippen LogP contribution is -2.36. The molecule has 2 aliphatic rings. The summed E-state index contributed by atoms with van der Waals surface area (Å²) in [6.45, 7) is 3.39. The minimum Gasteiger partial charge on any atom is -0.454 e. The van der Waals surface area contributed by atoms with Gasteiger partial charge in [0, 0.05) is 48.0 Å². The number of benzene rings is 1. The fourth-order valence-electron chi connectivity index (χ4n) is 3.44. The largest absolute Gasteiger partial charge is 0.454 e. The number of carbonyl (C=O) groups excluding carboxylic acids is 1. The Balaban J connectivity index is 1.34. The highest BCUT2D eigenvalue weighted by Crippen LogP contribution is 2.36. The highest BCUT2D eigenvalue weighted by Gasteiger charge is 2.26. The lowest BCUT2D eigenvalue weighted by Gasteiger charge is -2.27. The van der Waals surface area contributed by atoms with Gasteiger partial charge in [0.25, 0.3) is 5.91 Å². The van der Waals surface area contributed by atoms with Gasteiger partial charge in [0.1, 0.15) is 5.69 Å². The van der Waals surface area contributed by atoms with Crippen LogP contribution < -0.4 is 14.8 Å². The van der Waals surface area contributed by atoms with Gasteiger partial charge in [0.2, 0.25) is 6.79 Å². The smallest absolute Gasteiger partial charge is 0.274 e. The molecule has 1 aromatic carbocycles. The van der Waals surface area contributed by atoms with Gasteiger partial charge in [0.05, 0.1) is 0 Å². The van der Waals surface area contributed by atoms with E-state index in [-0.39, 0.29) is 12.7 Å². The molecule has 2 aliphatic heterocycles. The van der Waals surface area contributed by atoms with Gasteiger partial charge < -0.3 is 19.7 Å². The number of carbonyl (C=O) groups is 1. The van der Waals surface area contributed by atoms with Crippen LogP contribution in [0.3, 0.4) is 0 Å². The number of hydrogen-bond acceptors (Lipinski definition) is 7. The molecule has 0 radical (unpaired) electrons. The van der Waals surface area contributed by atoms with Crippen molar-refractivity contribution in [1.29, 1.82) is 0 Å². The van der Waals surface area contributed by atoms with E-state index in [1.165, 1.54) is 11.3 Å². The molecule has 1 amide bonds. The van der Waals surface area contributed by atoms with Gasteiger partial charge >= 0.3 is 0 Å². The molecular formula is C20H18N4O3S. The van der Waals surface area contributed by atoms with Gasteiger partial charge in [-0.3, -0.25) is 9.78 Å². The van der Waals surface area contributed by atoms with E-state index in [0.29, 0.717) is 29.7 Å². The van der Waals surface area contributed by atoms with Crippen molar-refractivity contribution >= 4 is 28.1 Å². The van der Waals surface area contributed by atoms with Crippen LogP contribution in [-0.4, -0.2) is 34.1 Å². The molecule has 2 aromatic heterocycles. The second-order valence-electron chi connectivity index (χ2n) is 6.70. The Morgan fingerprint density at radius 2 is 2.14 bits per heavy atom. The number of amides is 1. The first-order valence-corrected chi connectivity index (χ1v) is 9.85. The topological polar surface area (TPSA) is 76.6 Å². The molecule has 1 N–H and O–H groups in total. The Labute approximate surface area is 166 Å². The first kappa shape index (κ1) is 17.0. The zero-order valence-corrected chi connectivity index (χ0v) is 16.1. The van der Waals surface area contributed by atoms with E-state index in [0.717, 1.165) is 34.0 Å². The number of nitrogens with one attached hydrogen (secondary N) is 1. The number of aromatic nitrogens is 2. The summed E-state index contributed by atoms with van der Waals surface area (Å²) in [6.07, 6.45) is 2.57. The molecule has 5 rings (SSSR count). The number of hydrogen-bond donors (Lipinski definition) is 1. The normalized spacial score (nSPS) is 14.7. The Morgan fingerprint density at radius 3 is 3.07 bits per heavy atom. The van der Waals surface area contributed by atoms with E-state index in [4.69, 9.17) is 9.47 Å². The van der Waals surface area contributed by atoms with Crippen molar-refractivity contribution < 1.29 is 14.3 Å². The summed E-state index contributed by atoms with van der Waals surface area (Å²) in [4.78, 5) is 24.7. The average molecular weight is 394 g/mol. The van der Waals surface area contributed by atoms with Crippen molar-refractivity contribution in [1.82, 2.24) is 14.9 Å². The predicted molar refractivity (Wildman–Crippen MR) is 105 cm³/mol. The van der Waals surface area contributed by atoms with E-state index in [9.17, 15) is 4.79 Å². The number of ether oxygens (including phenoxy) is 2. The number of thiazole rings is 1. The molecule has 3 aromatic rings. The summed E-state index contributed by atoms with van der Waals surface area (Å²) >= 11 is 1.47. The zero-order valence-electron chi connectivity index (χ0n) is 15.3. The maximum atomic E-state index is 13.0. The van der Waals surface area contributed by atoms with Crippen LogP contribution in [0.5, 0.6) is 11.5 Å². The highest BCUT2D eigenvalue weighted by atomic mass is 32.1. The lowest BCUT2D eigenvalue weighted by atomic mass is 10.1. The van der Waals surface area contributed by atoms with Gasteiger partial charge in [0.15, 0.2) is 16.6 Å². The summed E-state index contributed by atoms with van der Waals surface area (Å²) in [5.41, 5.74) is 3.52. The van der Waals surface area contributed by atoms with Crippen molar-refractivity contribution in [2.75, 3.05) is 18.7 Å². The number of anilines is 2. The molecular weight excluding hydrogens is 376 g/mol. The third kappa shape index (κ3) is 3.05. The number of fused-ring (bicyclic) bond motifs is 2. The van der Waals surface area contributed by atoms with Crippen LogP contribution in [0.2, 0.25) is 0 Å². The summed E-state index contributed by atoms with van der Waals surface area (Å²) in [7, 11) is 0. The maximum absolute atomic E-state index is 13.0. The van der Waals surface area contributed by atoms with E-state index in [2.05, 4.69) is 15.3 Å². The van der Waals surface area contributed by atoms with Gasteiger partial charge in [-0.1, -0.05) is 6.07 Å². The summed E-state index contributed by atoms with van der Waals surface area (Å²) < 4.78 is 10.7. The first-order chi connectivity index (χ1) is 13.7. The van der Waals surface area contributed by atoms with Crippen molar-refractivity contribution in [2.24, 2.45) is 0 Å². The molecule has 142 valence electrons. The number of pyridine rings is 1. The molecule has 0 aliphatic carbocycles. The first-order valence-electron chi connectivity index (χ1n) is 9.03. The molecule has 7 nitrogen and oxygen atoms in total. The zero-order chi connectivity index (χ0) is 19.1. The fraction of sp³-hybridized carbons (Fsp3) is 0.250. The number of nitrogens with zero attached hydrogens (tertiary/aromatic N) is 3. The molecule has 0 saturated heterocycles. The summed E-state index contributed by atoms with van der Waals surface area (Å²) in [5, 5.41) is 3.94. The SMILES string of the molecule is Cc1sc(Nc2ccc3c(c2)OCO3)nc1C(=O)N1CCc2ncccc2C1. The lowest BCUT2D eigenvalue weighted by molar-refractivity contribution is 0.0728. The molecule has 0 atom stereocenters. The maximum Gasteiger partial charge on any atom is 0.274 e. The second kappa shape index (κ2) is 6.79. The fourth-order valence-corrected chi connectivity index (χ4v) is 4.26. The van der Waals surface area contributed by atoms with E-state index >= 15 is 0 Å². The summed E-state index contributed by atoms with van der Waals surface area (Å²) in [6, 6.07) is 9.57. The minimum absolute atomic E-state index is 0.0398. The van der Waals surface area contributed by atoms with Crippen LogP contribution in [-0.2, 0) is 13.0 Å². The molecule has 0 saturated carbocycles. The summed E-state index contributed by atoms with van der Waals surface area (Å²) in [5.74, 6) is 1.40. The second-order valence-corrected chi connectivity index (χ2v) is 7.91. The Kier molecular flexibility index (Phi) is 4.12. The van der Waals surface area contributed by atoms with Crippen LogP contribution >= 0.6 is 11.3 Å². The predicted octanol–water partition coefficient (Wildman–Crippen LogP) is 3.52. The van der Waals surface area contributed by atoms with Gasteiger partial charge in [-0.15, -0.1) is 11.3 Å². The van der Waals surface area contributed by atoms with Crippen molar-refractivity contribution in [3.63, 3.8) is 0 Å². The average Bonchev–Trinajstić information content (AvgIpc) is 3.33. The van der Waals surface area contributed by atoms with Crippen LogP contribution in [0.25, 0.3) is 0 Å². The van der Waals surface area contributed by atoms with Crippen LogP contribution in [0.1, 0.15) is 26.6 Å². The van der Waals surface area contributed by atoms with Crippen molar-refractivity contribution in [3.05, 3.63) is 58.4 Å². The van der Waals surface area contributed by atoms with Crippen LogP contribution in [0.4, 0.5) is 10.8 Å².